The van der Waals surface area contributed by atoms with Gasteiger partial charge in [0.05, 0.1) is 0 Å². The fraction of sp³-hybridized carbons (Fsp3) is 0.200. The van der Waals surface area contributed by atoms with Crippen molar-refractivity contribution in [3.8, 4) is 0 Å². The Morgan fingerprint density at radius 2 is 2.57 bits per heavy atom. The first-order valence-electron chi connectivity index (χ1n) is 2.16. The third-order valence-corrected chi connectivity index (χ3v) is 3.22. The summed E-state index contributed by atoms with van der Waals surface area (Å²) in [4.78, 5) is 1.50. The van der Waals surface area contributed by atoms with Gasteiger partial charge in [-0.15, -0.1) is 0 Å². The summed E-state index contributed by atoms with van der Waals surface area (Å²) in [6.45, 7) is 0. The van der Waals surface area contributed by atoms with E-state index in [-0.39, 0.29) is 0 Å². The Labute approximate surface area is 56.1 Å². The molecule has 0 saturated carbocycles. The van der Waals surface area contributed by atoms with Gasteiger partial charge in [-0.05, 0) is 0 Å². The standard InChI is InChI=1S/C5H7AsS/c6-4-5-2-1-3-7-5/h1-3H,4,6H2. The van der Waals surface area contributed by atoms with E-state index in [4.69, 9.17) is 0 Å². The molecular weight excluding hydrogens is 167 g/mol. The fourth-order valence-corrected chi connectivity index (χ4v) is 1.91. The Morgan fingerprint density at radius 3 is 2.86 bits per heavy atom. The van der Waals surface area contributed by atoms with Crippen LogP contribution >= 0.6 is 11.3 Å². The van der Waals surface area contributed by atoms with E-state index in [1.54, 1.807) is 16.9 Å². The van der Waals surface area contributed by atoms with E-state index in [9.17, 15) is 0 Å². The van der Waals surface area contributed by atoms with Gasteiger partial charge in [-0.1, -0.05) is 0 Å². The van der Waals surface area contributed by atoms with Crippen molar-refractivity contribution < 1.29 is 0 Å². The molecule has 0 nitrogen and oxygen atoms in total. The number of hydrogen-bond acceptors (Lipinski definition) is 1. The summed E-state index contributed by atoms with van der Waals surface area (Å²) in [5.41, 5.74) is 0. The van der Waals surface area contributed by atoms with Crippen LogP contribution in [0.2, 0.25) is 0 Å². The van der Waals surface area contributed by atoms with Crippen molar-refractivity contribution in [1.82, 2.24) is 0 Å². The number of rotatable bonds is 1. The van der Waals surface area contributed by atoms with Crippen molar-refractivity contribution in [2.75, 3.05) is 0 Å². The second kappa shape index (κ2) is 2.54. The molecule has 38 valence electrons. The molecule has 0 fully saturated rings. The zero-order valence-electron chi connectivity index (χ0n) is 3.92. The van der Waals surface area contributed by atoms with Crippen LogP contribution in [0.5, 0.6) is 0 Å². The molecule has 1 atom stereocenters. The first-order chi connectivity index (χ1) is 3.43. The summed E-state index contributed by atoms with van der Waals surface area (Å²) in [6.07, 6.45) is 0. The maximum absolute atomic E-state index is 2.17. The van der Waals surface area contributed by atoms with Crippen molar-refractivity contribution in [2.24, 2.45) is 0 Å². The van der Waals surface area contributed by atoms with Gasteiger partial charge >= 0.3 is 55.8 Å². The zero-order chi connectivity index (χ0) is 5.11. The summed E-state index contributed by atoms with van der Waals surface area (Å²) in [7, 11) is 0. The predicted octanol–water partition coefficient (Wildman–Crippen LogP) is 0.881. The van der Waals surface area contributed by atoms with Crippen molar-refractivity contribution in [3.05, 3.63) is 22.4 Å². The van der Waals surface area contributed by atoms with Crippen LogP contribution in [0.25, 0.3) is 0 Å². The van der Waals surface area contributed by atoms with Crippen molar-refractivity contribution in [1.29, 1.82) is 0 Å². The minimum atomic E-state index is 1.24. The van der Waals surface area contributed by atoms with Gasteiger partial charge in [-0.3, -0.25) is 0 Å². The second-order valence-electron chi connectivity index (χ2n) is 1.28. The quantitative estimate of drug-likeness (QED) is 0.554. The van der Waals surface area contributed by atoms with Crippen molar-refractivity contribution >= 4 is 28.2 Å². The van der Waals surface area contributed by atoms with Crippen LogP contribution in [-0.4, -0.2) is 16.9 Å². The third-order valence-electron chi connectivity index (χ3n) is 0.781. The van der Waals surface area contributed by atoms with E-state index in [1.807, 2.05) is 11.3 Å². The topological polar surface area (TPSA) is 0 Å². The van der Waals surface area contributed by atoms with Gasteiger partial charge in [0.25, 0.3) is 0 Å². The molecule has 1 unspecified atom stereocenters. The van der Waals surface area contributed by atoms with Crippen LogP contribution < -0.4 is 0 Å². The van der Waals surface area contributed by atoms with Crippen LogP contribution in [0.15, 0.2) is 17.5 Å². The maximum atomic E-state index is 2.17. The van der Waals surface area contributed by atoms with Crippen LogP contribution in [0.3, 0.4) is 0 Å². The van der Waals surface area contributed by atoms with Gasteiger partial charge in [0.2, 0.25) is 0 Å². The number of hydrogen-bond donors (Lipinski definition) is 0. The molecule has 0 aromatic carbocycles. The summed E-state index contributed by atoms with van der Waals surface area (Å²) in [5.74, 6) is 0. The molecule has 0 N–H and O–H groups in total. The Balaban J connectivity index is 2.76. The molecule has 1 aromatic heterocycles. The predicted molar refractivity (Wildman–Crippen MR) is 36.6 cm³/mol. The van der Waals surface area contributed by atoms with Crippen LogP contribution in [-0.2, 0) is 5.21 Å². The van der Waals surface area contributed by atoms with Gasteiger partial charge in [0, 0.05) is 0 Å². The van der Waals surface area contributed by atoms with Gasteiger partial charge in [-0.25, -0.2) is 0 Å². The van der Waals surface area contributed by atoms with Gasteiger partial charge in [0.15, 0.2) is 0 Å². The molecule has 1 aromatic rings. The molecule has 0 saturated heterocycles. The van der Waals surface area contributed by atoms with E-state index in [1.165, 1.54) is 10.1 Å². The Hall–Kier alpha value is 0.258. The van der Waals surface area contributed by atoms with Crippen LogP contribution in [0.1, 0.15) is 4.88 Å². The molecule has 0 aliphatic carbocycles. The van der Waals surface area contributed by atoms with E-state index < -0.39 is 0 Å². The van der Waals surface area contributed by atoms with Gasteiger partial charge < -0.3 is 0 Å². The average molecular weight is 174 g/mol. The molecule has 0 radical (unpaired) electrons. The Bertz CT molecular complexity index is 123. The van der Waals surface area contributed by atoms with E-state index in [0.717, 1.165) is 0 Å². The molecule has 1 heterocycles. The van der Waals surface area contributed by atoms with Gasteiger partial charge in [0.1, 0.15) is 0 Å². The van der Waals surface area contributed by atoms with E-state index >= 15 is 0 Å². The zero-order valence-corrected chi connectivity index (χ0v) is 7.16. The van der Waals surface area contributed by atoms with E-state index in [0.29, 0.717) is 0 Å². The molecule has 0 aliphatic rings. The van der Waals surface area contributed by atoms with Crippen LogP contribution in [0.4, 0.5) is 0 Å². The fourth-order valence-electron chi connectivity index (χ4n) is 0.429. The molecule has 1 rings (SSSR count). The SMILES string of the molecule is [AsH2]Cc1cccs1. The Morgan fingerprint density at radius 1 is 1.71 bits per heavy atom. The normalized spacial score (nSPS) is 9.29. The third kappa shape index (κ3) is 1.32. The van der Waals surface area contributed by atoms with Crippen molar-refractivity contribution in [2.45, 2.75) is 5.21 Å². The summed E-state index contributed by atoms with van der Waals surface area (Å²) < 4.78 is 0. The summed E-state index contributed by atoms with van der Waals surface area (Å²) >= 11 is 3.62. The van der Waals surface area contributed by atoms with E-state index in [2.05, 4.69) is 17.5 Å². The molecule has 0 bridgehead atoms. The minimum absolute atomic E-state index is 1.24. The number of thiophene rings is 1. The summed E-state index contributed by atoms with van der Waals surface area (Å²) in [6, 6.07) is 4.27. The molecule has 7 heavy (non-hydrogen) atoms. The van der Waals surface area contributed by atoms with Crippen molar-refractivity contribution in [3.63, 3.8) is 0 Å². The molecule has 2 heteroatoms. The molecule has 0 aliphatic heterocycles. The second-order valence-corrected chi connectivity index (χ2v) is 3.17. The van der Waals surface area contributed by atoms with Crippen LogP contribution in [0, 0.1) is 0 Å². The Kier molecular flexibility index (Phi) is 1.96. The molecular formula is C5H7AsS. The monoisotopic (exact) mass is 174 g/mol. The van der Waals surface area contributed by atoms with Gasteiger partial charge in [-0.2, -0.15) is 0 Å². The summed E-state index contributed by atoms with van der Waals surface area (Å²) in [5, 5.41) is 3.36. The first-order valence-corrected chi connectivity index (χ1v) is 4.75. The molecule has 0 amide bonds. The average Bonchev–Trinajstić information content (AvgIpc) is 2.14. The first kappa shape index (κ1) is 5.40. The molecule has 0 spiro atoms.